The van der Waals surface area contributed by atoms with Crippen LogP contribution in [-0.4, -0.2) is 18.4 Å². The van der Waals surface area contributed by atoms with Crippen molar-refractivity contribution in [3.05, 3.63) is 65.7 Å². The Kier molecular flexibility index (Phi) is 5.10. The molecule has 108 valence electrons. The van der Waals surface area contributed by atoms with Gasteiger partial charge in [0.2, 0.25) is 0 Å². The van der Waals surface area contributed by atoms with Crippen molar-refractivity contribution in [2.24, 2.45) is 0 Å². The summed E-state index contributed by atoms with van der Waals surface area (Å²) in [5.74, 6) is -1.27. The lowest BCUT2D eigenvalue weighted by molar-refractivity contribution is -0.136. The lowest BCUT2D eigenvalue weighted by Gasteiger charge is -2.07. The van der Waals surface area contributed by atoms with Crippen molar-refractivity contribution in [3.8, 4) is 0 Å². The Hall–Kier alpha value is -2.62. The van der Waals surface area contributed by atoms with Crippen LogP contribution in [0.1, 0.15) is 11.1 Å². The monoisotopic (exact) mass is 282 g/mol. The van der Waals surface area contributed by atoms with Gasteiger partial charge in [-0.05, 0) is 31.0 Å². The number of nitrogens with one attached hydrogen (secondary N) is 2. The lowest BCUT2D eigenvalue weighted by Crippen LogP contribution is -2.36. The summed E-state index contributed by atoms with van der Waals surface area (Å²) in [6.07, 6.45) is 0.700. The molecule has 0 atom stereocenters. The van der Waals surface area contributed by atoms with Crippen molar-refractivity contribution < 1.29 is 9.59 Å². The van der Waals surface area contributed by atoms with Crippen LogP contribution in [-0.2, 0) is 16.0 Å². The van der Waals surface area contributed by atoms with Crippen molar-refractivity contribution in [1.82, 2.24) is 5.32 Å². The summed E-state index contributed by atoms with van der Waals surface area (Å²) in [6.45, 7) is 2.46. The number of para-hydroxylation sites is 1. The van der Waals surface area contributed by atoms with Crippen molar-refractivity contribution in [2.75, 3.05) is 11.9 Å². The third kappa shape index (κ3) is 4.76. The van der Waals surface area contributed by atoms with Crippen molar-refractivity contribution in [1.29, 1.82) is 0 Å². The molecule has 2 N–H and O–H groups in total. The molecule has 21 heavy (non-hydrogen) atoms. The second kappa shape index (κ2) is 7.24. The smallest absolute Gasteiger partial charge is 0.313 e. The zero-order chi connectivity index (χ0) is 15.1. The minimum absolute atomic E-state index is 0.435. The fourth-order valence-electron chi connectivity index (χ4n) is 1.98. The first-order valence-electron chi connectivity index (χ1n) is 6.85. The van der Waals surface area contributed by atoms with Gasteiger partial charge in [-0.2, -0.15) is 0 Å². The number of amides is 2. The summed E-state index contributed by atoms with van der Waals surface area (Å²) in [4.78, 5) is 23.4. The van der Waals surface area contributed by atoms with Crippen LogP contribution in [0.3, 0.4) is 0 Å². The highest BCUT2D eigenvalue weighted by Crippen LogP contribution is 2.05. The summed E-state index contributed by atoms with van der Waals surface area (Å²) in [5, 5.41) is 5.17. The van der Waals surface area contributed by atoms with Gasteiger partial charge in [-0.15, -0.1) is 0 Å². The van der Waals surface area contributed by atoms with E-state index in [-0.39, 0.29) is 0 Å². The number of carbonyl (C=O) groups excluding carboxylic acids is 2. The number of hydrogen-bond acceptors (Lipinski definition) is 2. The van der Waals surface area contributed by atoms with E-state index in [0.717, 1.165) is 5.56 Å². The van der Waals surface area contributed by atoms with Gasteiger partial charge < -0.3 is 10.6 Å². The molecule has 4 heteroatoms. The number of rotatable bonds is 4. The molecule has 2 rings (SSSR count). The standard InChI is InChI=1S/C17H18N2O2/c1-13-6-5-7-14(12-13)10-11-18-16(20)17(21)19-15-8-3-2-4-9-15/h2-9,12H,10-11H2,1H3,(H,18,20)(H,19,21). The van der Waals surface area contributed by atoms with Gasteiger partial charge in [-0.25, -0.2) is 0 Å². The molecule has 0 bridgehead atoms. The van der Waals surface area contributed by atoms with Crippen LogP contribution in [0.5, 0.6) is 0 Å². The first kappa shape index (κ1) is 14.8. The Morgan fingerprint density at radius 3 is 2.43 bits per heavy atom. The van der Waals surface area contributed by atoms with Gasteiger partial charge in [-0.1, -0.05) is 48.0 Å². The number of carbonyl (C=O) groups is 2. The molecular weight excluding hydrogens is 264 g/mol. The highest BCUT2D eigenvalue weighted by molar-refractivity contribution is 6.39. The van der Waals surface area contributed by atoms with E-state index >= 15 is 0 Å². The molecule has 0 saturated heterocycles. The van der Waals surface area contributed by atoms with Gasteiger partial charge in [0.1, 0.15) is 0 Å². The van der Waals surface area contributed by atoms with Gasteiger partial charge in [-0.3, -0.25) is 9.59 Å². The first-order valence-corrected chi connectivity index (χ1v) is 6.85. The summed E-state index contributed by atoms with van der Waals surface area (Å²) in [5.41, 5.74) is 2.93. The Morgan fingerprint density at radius 2 is 1.71 bits per heavy atom. The fraction of sp³-hybridized carbons (Fsp3) is 0.176. The maximum atomic E-state index is 11.7. The summed E-state index contributed by atoms with van der Waals surface area (Å²) < 4.78 is 0. The average Bonchev–Trinajstić information content (AvgIpc) is 2.48. The predicted octanol–water partition coefficient (Wildman–Crippen LogP) is 2.29. The largest absolute Gasteiger partial charge is 0.347 e. The van der Waals surface area contributed by atoms with E-state index in [1.54, 1.807) is 24.3 Å². The highest BCUT2D eigenvalue weighted by atomic mass is 16.2. The maximum absolute atomic E-state index is 11.7. The van der Waals surface area contributed by atoms with Crippen molar-refractivity contribution in [2.45, 2.75) is 13.3 Å². The molecule has 0 spiro atoms. The molecule has 0 saturated carbocycles. The molecule has 2 aromatic carbocycles. The quantitative estimate of drug-likeness (QED) is 0.845. The van der Waals surface area contributed by atoms with Gasteiger partial charge in [0.25, 0.3) is 0 Å². The zero-order valence-corrected chi connectivity index (χ0v) is 11.9. The molecule has 4 nitrogen and oxygen atoms in total. The number of benzene rings is 2. The maximum Gasteiger partial charge on any atom is 0.313 e. The van der Waals surface area contributed by atoms with E-state index in [1.807, 2.05) is 31.2 Å². The van der Waals surface area contributed by atoms with Gasteiger partial charge in [0, 0.05) is 12.2 Å². The van der Waals surface area contributed by atoms with Crippen molar-refractivity contribution >= 4 is 17.5 Å². The minimum Gasteiger partial charge on any atom is -0.347 e. The summed E-state index contributed by atoms with van der Waals surface area (Å²) >= 11 is 0. The van der Waals surface area contributed by atoms with E-state index in [2.05, 4.69) is 16.7 Å². The van der Waals surface area contributed by atoms with E-state index in [4.69, 9.17) is 0 Å². The molecule has 0 unspecified atom stereocenters. The van der Waals surface area contributed by atoms with Crippen LogP contribution in [0.15, 0.2) is 54.6 Å². The van der Waals surface area contributed by atoms with Crippen LogP contribution in [0, 0.1) is 6.92 Å². The normalized spacial score (nSPS) is 9.95. The zero-order valence-electron chi connectivity index (χ0n) is 11.9. The third-order valence-electron chi connectivity index (χ3n) is 3.02. The average molecular weight is 282 g/mol. The molecule has 0 radical (unpaired) electrons. The van der Waals surface area contributed by atoms with E-state index in [9.17, 15) is 9.59 Å². The van der Waals surface area contributed by atoms with Gasteiger partial charge >= 0.3 is 11.8 Å². The number of anilines is 1. The van der Waals surface area contributed by atoms with E-state index in [0.29, 0.717) is 18.7 Å². The van der Waals surface area contributed by atoms with Crippen molar-refractivity contribution in [3.63, 3.8) is 0 Å². The van der Waals surface area contributed by atoms with Crippen LogP contribution in [0.25, 0.3) is 0 Å². The van der Waals surface area contributed by atoms with E-state index in [1.165, 1.54) is 5.56 Å². The second-order valence-corrected chi connectivity index (χ2v) is 4.82. The predicted molar refractivity (Wildman–Crippen MR) is 83.0 cm³/mol. The second-order valence-electron chi connectivity index (χ2n) is 4.82. The van der Waals surface area contributed by atoms with E-state index < -0.39 is 11.8 Å². The molecule has 2 amide bonds. The molecule has 0 heterocycles. The Balaban J connectivity index is 1.78. The molecule has 0 aromatic heterocycles. The number of aryl methyl sites for hydroxylation is 1. The minimum atomic E-state index is -0.648. The summed E-state index contributed by atoms with van der Waals surface area (Å²) in [6, 6.07) is 17.0. The fourth-order valence-corrected chi connectivity index (χ4v) is 1.98. The van der Waals surface area contributed by atoms with Crippen LogP contribution in [0.2, 0.25) is 0 Å². The van der Waals surface area contributed by atoms with Gasteiger partial charge in [0.05, 0.1) is 0 Å². The molecular formula is C17H18N2O2. The first-order chi connectivity index (χ1) is 10.1. The van der Waals surface area contributed by atoms with Crippen LogP contribution in [0.4, 0.5) is 5.69 Å². The Bertz CT molecular complexity index is 624. The molecule has 0 fully saturated rings. The summed E-state index contributed by atoms with van der Waals surface area (Å²) in [7, 11) is 0. The topological polar surface area (TPSA) is 58.2 Å². The number of hydrogen-bond donors (Lipinski definition) is 2. The SMILES string of the molecule is Cc1cccc(CCNC(=O)C(=O)Nc2ccccc2)c1. The van der Waals surface area contributed by atoms with Crippen LogP contribution >= 0.6 is 0 Å². The molecule has 0 aliphatic carbocycles. The molecule has 0 aliphatic heterocycles. The third-order valence-corrected chi connectivity index (χ3v) is 3.02. The highest BCUT2D eigenvalue weighted by Gasteiger charge is 2.12. The molecule has 2 aromatic rings. The Morgan fingerprint density at radius 1 is 0.952 bits per heavy atom. The van der Waals surface area contributed by atoms with Crippen LogP contribution < -0.4 is 10.6 Å². The lowest BCUT2D eigenvalue weighted by atomic mass is 10.1. The molecule has 0 aliphatic rings. The Labute approximate surface area is 124 Å². The van der Waals surface area contributed by atoms with Gasteiger partial charge in [0.15, 0.2) is 0 Å².